The van der Waals surface area contributed by atoms with E-state index >= 15 is 0 Å². The third-order valence-corrected chi connectivity index (χ3v) is 7.10. The van der Waals surface area contributed by atoms with Crippen molar-refractivity contribution < 1.29 is 28.9 Å². The van der Waals surface area contributed by atoms with Gasteiger partial charge in [-0.1, -0.05) is 72.8 Å². The average molecular weight is 538 g/mol. The minimum atomic E-state index is -1.08. The van der Waals surface area contributed by atoms with Crippen molar-refractivity contribution in [3.05, 3.63) is 125 Å². The molecule has 7 heteroatoms. The van der Waals surface area contributed by atoms with E-state index in [2.05, 4.69) is 0 Å². The second kappa shape index (κ2) is 11.9. The third kappa shape index (κ3) is 5.78. The fourth-order valence-corrected chi connectivity index (χ4v) is 4.97. The molecule has 0 aliphatic carbocycles. The maximum Gasteiger partial charge on any atom is 0.326 e. The number of ether oxygens (including phenoxy) is 3. The van der Waals surface area contributed by atoms with Crippen LogP contribution in [0, 0.1) is 6.92 Å². The molecule has 0 aromatic heterocycles. The highest BCUT2D eigenvalue weighted by atomic mass is 16.5. The van der Waals surface area contributed by atoms with Crippen molar-refractivity contribution in [1.82, 2.24) is 4.90 Å². The van der Waals surface area contributed by atoms with Crippen LogP contribution in [-0.2, 0) is 29.2 Å². The first-order valence-corrected chi connectivity index (χ1v) is 13.1. The first-order valence-electron chi connectivity index (χ1n) is 13.1. The highest BCUT2D eigenvalue weighted by Crippen LogP contribution is 2.36. The number of aliphatic carboxylic acids is 1. The summed E-state index contributed by atoms with van der Waals surface area (Å²) in [6.45, 7) is 2.44. The van der Waals surface area contributed by atoms with Crippen molar-refractivity contribution in [2.45, 2.75) is 38.6 Å². The number of aryl methyl sites for hydroxylation is 1. The zero-order valence-electron chi connectivity index (χ0n) is 22.4. The van der Waals surface area contributed by atoms with E-state index in [1.54, 1.807) is 43.5 Å². The normalized spacial score (nSPS) is 15.1. The standard InChI is InChI=1S/C33H31NO6/c1-22-13-14-25-20-34(29(33(36)37)19-28(25)30(22)39-21-23-9-5-3-6-10-23)32(35)31(24-11-7-4-8-12-24)40-27-17-15-26(38-2)16-18-27/h3-18,29,31H,19-21H2,1-2H3,(H,36,37). The molecule has 7 nitrogen and oxygen atoms in total. The van der Waals surface area contributed by atoms with Crippen molar-refractivity contribution in [1.29, 1.82) is 0 Å². The van der Waals surface area contributed by atoms with Gasteiger partial charge in [0.25, 0.3) is 5.91 Å². The SMILES string of the molecule is COc1ccc(OC(C(=O)N2Cc3ccc(C)c(OCc4ccccc4)c3CC2C(=O)O)c2ccccc2)cc1. The minimum absolute atomic E-state index is 0.127. The first kappa shape index (κ1) is 26.8. The number of fused-ring (bicyclic) bond motifs is 1. The summed E-state index contributed by atoms with van der Waals surface area (Å²) in [4.78, 5) is 28.1. The van der Waals surface area contributed by atoms with Gasteiger partial charge in [-0.25, -0.2) is 4.79 Å². The molecule has 0 spiro atoms. The molecule has 2 unspecified atom stereocenters. The van der Waals surface area contributed by atoms with Crippen LogP contribution in [0.15, 0.2) is 97.1 Å². The Morgan fingerprint density at radius 2 is 1.55 bits per heavy atom. The van der Waals surface area contributed by atoms with E-state index in [-0.39, 0.29) is 13.0 Å². The Kier molecular flexibility index (Phi) is 8.01. The van der Waals surface area contributed by atoms with Crippen LogP contribution < -0.4 is 14.2 Å². The van der Waals surface area contributed by atoms with E-state index in [1.165, 1.54) is 4.90 Å². The predicted octanol–water partition coefficient (Wildman–Crippen LogP) is 5.74. The summed E-state index contributed by atoms with van der Waals surface area (Å²) in [7, 11) is 1.58. The summed E-state index contributed by atoms with van der Waals surface area (Å²) in [5, 5.41) is 10.3. The maximum atomic E-state index is 14.1. The monoisotopic (exact) mass is 537 g/mol. The molecule has 1 heterocycles. The summed E-state index contributed by atoms with van der Waals surface area (Å²) in [5.74, 6) is 0.306. The van der Waals surface area contributed by atoms with Gasteiger partial charge in [0.1, 0.15) is 29.9 Å². The van der Waals surface area contributed by atoms with Crippen LogP contribution in [0.4, 0.5) is 0 Å². The Hall–Kier alpha value is -4.78. The second-order valence-corrected chi connectivity index (χ2v) is 9.73. The molecule has 1 aliphatic rings. The number of amides is 1. The molecular formula is C33H31NO6. The lowest BCUT2D eigenvalue weighted by Crippen LogP contribution is -2.51. The van der Waals surface area contributed by atoms with Crippen molar-refractivity contribution >= 4 is 11.9 Å². The Labute approximate surface area is 233 Å². The van der Waals surface area contributed by atoms with Gasteiger partial charge in [0.15, 0.2) is 0 Å². The van der Waals surface area contributed by atoms with E-state index in [0.29, 0.717) is 29.4 Å². The van der Waals surface area contributed by atoms with Crippen molar-refractivity contribution in [2.24, 2.45) is 0 Å². The molecule has 1 N–H and O–H groups in total. The van der Waals surface area contributed by atoms with Crippen LogP contribution in [0.25, 0.3) is 0 Å². The largest absolute Gasteiger partial charge is 0.497 e. The lowest BCUT2D eigenvalue weighted by Gasteiger charge is -2.37. The third-order valence-electron chi connectivity index (χ3n) is 7.10. The van der Waals surface area contributed by atoms with Crippen molar-refractivity contribution in [2.75, 3.05) is 7.11 Å². The lowest BCUT2D eigenvalue weighted by molar-refractivity contribution is -0.155. The van der Waals surface area contributed by atoms with Crippen LogP contribution in [0.3, 0.4) is 0 Å². The molecule has 0 saturated heterocycles. The first-order chi connectivity index (χ1) is 19.4. The predicted molar refractivity (Wildman–Crippen MR) is 150 cm³/mol. The Balaban J connectivity index is 1.46. The molecule has 0 radical (unpaired) electrons. The van der Waals surface area contributed by atoms with E-state index < -0.39 is 24.0 Å². The van der Waals surface area contributed by atoms with E-state index in [9.17, 15) is 14.7 Å². The van der Waals surface area contributed by atoms with E-state index in [4.69, 9.17) is 14.2 Å². The zero-order valence-corrected chi connectivity index (χ0v) is 22.4. The fourth-order valence-electron chi connectivity index (χ4n) is 4.97. The minimum Gasteiger partial charge on any atom is -0.497 e. The van der Waals surface area contributed by atoms with E-state index in [1.807, 2.05) is 67.6 Å². The lowest BCUT2D eigenvalue weighted by atomic mass is 9.90. The molecule has 204 valence electrons. The number of rotatable bonds is 9. The van der Waals surface area contributed by atoms with Crippen LogP contribution >= 0.6 is 0 Å². The van der Waals surface area contributed by atoms with Gasteiger partial charge in [0, 0.05) is 24.1 Å². The summed E-state index contributed by atoms with van der Waals surface area (Å²) < 4.78 is 17.7. The molecule has 1 aliphatic heterocycles. The number of hydrogen-bond acceptors (Lipinski definition) is 5. The summed E-state index contributed by atoms with van der Waals surface area (Å²) in [5.41, 5.74) is 4.25. The number of carboxylic acids is 1. The quantitative estimate of drug-likeness (QED) is 0.293. The molecule has 4 aromatic rings. The van der Waals surface area contributed by atoms with Gasteiger partial charge in [-0.15, -0.1) is 0 Å². The Morgan fingerprint density at radius 3 is 2.20 bits per heavy atom. The van der Waals surface area contributed by atoms with Gasteiger partial charge < -0.3 is 24.2 Å². The maximum absolute atomic E-state index is 14.1. The zero-order chi connectivity index (χ0) is 28.1. The molecule has 1 amide bonds. The van der Waals surface area contributed by atoms with Gasteiger partial charge in [-0.3, -0.25) is 4.79 Å². The number of carbonyl (C=O) groups is 2. The van der Waals surface area contributed by atoms with E-state index in [0.717, 1.165) is 22.3 Å². The summed E-state index contributed by atoms with van der Waals surface area (Å²) in [6, 6.07) is 28.7. The van der Waals surface area contributed by atoms with Crippen molar-refractivity contribution in [3.63, 3.8) is 0 Å². The topological polar surface area (TPSA) is 85.3 Å². The van der Waals surface area contributed by atoms with Gasteiger partial charge in [0.05, 0.1) is 7.11 Å². The Bertz CT molecular complexity index is 1470. The molecular weight excluding hydrogens is 506 g/mol. The number of hydrogen-bond donors (Lipinski definition) is 1. The molecule has 0 fully saturated rings. The smallest absolute Gasteiger partial charge is 0.326 e. The molecule has 2 atom stereocenters. The van der Waals surface area contributed by atoms with Crippen LogP contribution in [0.1, 0.15) is 33.9 Å². The van der Waals surface area contributed by atoms with Gasteiger partial charge in [0.2, 0.25) is 6.10 Å². The highest BCUT2D eigenvalue weighted by Gasteiger charge is 2.40. The number of benzene rings is 4. The fraction of sp³-hybridized carbons (Fsp3) is 0.212. The van der Waals surface area contributed by atoms with Crippen LogP contribution in [0.5, 0.6) is 17.2 Å². The number of carboxylic acid groups (broad SMARTS) is 1. The molecule has 4 aromatic carbocycles. The summed E-state index contributed by atoms with van der Waals surface area (Å²) >= 11 is 0. The van der Waals surface area contributed by atoms with Gasteiger partial charge in [-0.2, -0.15) is 0 Å². The number of methoxy groups -OCH3 is 1. The van der Waals surface area contributed by atoms with Gasteiger partial charge in [-0.05, 0) is 47.9 Å². The number of nitrogens with zero attached hydrogens (tertiary/aromatic N) is 1. The average Bonchev–Trinajstić information content (AvgIpc) is 2.99. The molecule has 40 heavy (non-hydrogen) atoms. The van der Waals surface area contributed by atoms with Crippen LogP contribution in [0.2, 0.25) is 0 Å². The molecule has 5 rings (SSSR count). The Morgan fingerprint density at radius 1 is 0.900 bits per heavy atom. The van der Waals surface area contributed by atoms with Gasteiger partial charge >= 0.3 is 5.97 Å². The molecule has 0 saturated carbocycles. The second-order valence-electron chi connectivity index (χ2n) is 9.73. The summed E-state index contributed by atoms with van der Waals surface area (Å²) in [6.07, 6.45) is -0.899. The van der Waals surface area contributed by atoms with Crippen LogP contribution in [-0.4, -0.2) is 35.0 Å². The van der Waals surface area contributed by atoms with Crippen molar-refractivity contribution in [3.8, 4) is 17.2 Å². The highest BCUT2D eigenvalue weighted by molar-refractivity contribution is 5.88. The molecule has 0 bridgehead atoms. The number of carbonyl (C=O) groups excluding carboxylic acids is 1.